The molecular formula is C11H7BrClN. The Morgan fingerprint density at radius 2 is 1.71 bits per heavy atom. The van der Waals surface area contributed by atoms with Crippen LogP contribution in [0.4, 0.5) is 0 Å². The second-order valence-electron chi connectivity index (χ2n) is 2.87. The number of nitrogens with zero attached hydrogens (tertiary/aromatic N) is 1. The summed E-state index contributed by atoms with van der Waals surface area (Å²) in [6.45, 7) is 0. The molecule has 1 nitrogen and oxygen atoms in total. The lowest BCUT2D eigenvalue weighted by molar-refractivity contribution is 1.28. The molecule has 0 atom stereocenters. The van der Waals surface area contributed by atoms with Gasteiger partial charge in [0.1, 0.15) is 4.60 Å². The maximum absolute atomic E-state index is 5.81. The highest BCUT2D eigenvalue weighted by Crippen LogP contribution is 2.22. The monoisotopic (exact) mass is 267 g/mol. The smallest absolute Gasteiger partial charge is 0.106 e. The van der Waals surface area contributed by atoms with Crippen LogP contribution < -0.4 is 0 Å². The van der Waals surface area contributed by atoms with E-state index in [1.165, 1.54) is 0 Å². The first-order valence-electron chi connectivity index (χ1n) is 4.13. The number of rotatable bonds is 1. The van der Waals surface area contributed by atoms with Crippen LogP contribution in [-0.2, 0) is 0 Å². The average molecular weight is 269 g/mol. The Balaban J connectivity index is 2.44. The summed E-state index contributed by atoms with van der Waals surface area (Å²) < 4.78 is 0.838. The SMILES string of the molecule is Clc1ccc(-c2ccnc(Br)c2)cc1. The van der Waals surface area contributed by atoms with E-state index in [9.17, 15) is 0 Å². The van der Waals surface area contributed by atoms with Crippen LogP contribution in [0.2, 0.25) is 5.02 Å². The zero-order valence-corrected chi connectivity index (χ0v) is 9.59. The van der Waals surface area contributed by atoms with E-state index in [0.29, 0.717) is 0 Å². The van der Waals surface area contributed by atoms with E-state index in [0.717, 1.165) is 20.8 Å². The van der Waals surface area contributed by atoms with Crippen LogP contribution in [0.3, 0.4) is 0 Å². The van der Waals surface area contributed by atoms with E-state index in [1.807, 2.05) is 36.4 Å². The normalized spacial score (nSPS) is 10.1. The lowest BCUT2D eigenvalue weighted by atomic mass is 10.1. The van der Waals surface area contributed by atoms with Gasteiger partial charge in [-0.05, 0) is 51.3 Å². The van der Waals surface area contributed by atoms with Crippen molar-refractivity contribution >= 4 is 27.5 Å². The average Bonchev–Trinajstić information content (AvgIpc) is 2.19. The number of halogens is 2. The molecule has 70 valence electrons. The molecule has 0 saturated heterocycles. The fourth-order valence-corrected chi connectivity index (χ4v) is 1.72. The van der Waals surface area contributed by atoms with Crippen LogP contribution in [0, 0.1) is 0 Å². The molecule has 0 aliphatic rings. The molecule has 0 amide bonds. The molecule has 0 bridgehead atoms. The first-order chi connectivity index (χ1) is 6.75. The van der Waals surface area contributed by atoms with Gasteiger partial charge in [-0.15, -0.1) is 0 Å². The molecule has 0 unspecified atom stereocenters. The highest BCUT2D eigenvalue weighted by Gasteiger charge is 1.98. The summed E-state index contributed by atoms with van der Waals surface area (Å²) in [5, 5.41) is 0.752. The molecule has 1 aromatic carbocycles. The van der Waals surface area contributed by atoms with Crippen LogP contribution in [-0.4, -0.2) is 4.98 Å². The number of hydrogen-bond donors (Lipinski definition) is 0. The minimum absolute atomic E-state index is 0.752. The largest absolute Gasteiger partial charge is 0.249 e. The Labute approximate surface area is 95.9 Å². The summed E-state index contributed by atoms with van der Waals surface area (Å²) in [5.41, 5.74) is 2.26. The van der Waals surface area contributed by atoms with Crippen molar-refractivity contribution in [1.29, 1.82) is 0 Å². The number of pyridine rings is 1. The predicted octanol–water partition coefficient (Wildman–Crippen LogP) is 4.16. The summed E-state index contributed by atoms with van der Waals surface area (Å²) in [6.07, 6.45) is 1.77. The van der Waals surface area contributed by atoms with E-state index < -0.39 is 0 Å². The standard InChI is InChI=1S/C11H7BrClN/c12-11-7-9(5-6-14-11)8-1-3-10(13)4-2-8/h1-7H. The van der Waals surface area contributed by atoms with Gasteiger partial charge < -0.3 is 0 Å². The third-order valence-corrected chi connectivity index (χ3v) is 2.59. The Morgan fingerprint density at radius 1 is 1.00 bits per heavy atom. The zero-order valence-electron chi connectivity index (χ0n) is 7.24. The van der Waals surface area contributed by atoms with Gasteiger partial charge in [-0.3, -0.25) is 0 Å². The fourth-order valence-electron chi connectivity index (χ4n) is 1.22. The minimum atomic E-state index is 0.752. The van der Waals surface area contributed by atoms with Crippen molar-refractivity contribution in [3.8, 4) is 11.1 Å². The molecule has 1 aromatic heterocycles. The quantitative estimate of drug-likeness (QED) is 0.708. The van der Waals surface area contributed by atoms with Gasteiger partial charge in [0.15, 0.2) is 0 Å². The maximum atomic E-state index is 5.81. The van der Waals surface area contributed by atoms with E-state index in [4.69, 9.17) is 11.6 Å². The molecule has 14 heavy (non-hydrogen) atoms. The van der Waals surface area contributed by atoms with Crippen molar-refractivity contribution in [2.45, 2.75) is 0 Å². The van der Waals surface area contributed by atoms with Gasteiger partial charge in [0, 0.05) is 11.2 Å². The van der Waals surface area contributed by atoms with Crippen LogP contribution in [0.5, 0.6) is 0 Å². The molecule has 0 radical (unpaired) electrons. The van der Waals surface area contributed by atoms with E-state index in [-0.39, 0.29) is 0 Å². The molecule has 0 aliphatic heterocycles. The van der Waals surface area contributed by atoms with Crippen LogP contribution in [0.25, 0.3) is 11.1 Å². The third-order valence-electron chi connectivity index (χ3n) is 1.90. The Kier molecular flexibility index (Phi) is 2.85. The minimum Gasteiger partial charge on any atom is -0.249 e. The maximum Gasteiger partial charge on any atom is 0.106 e. The van der Waals surface area contributed by atoms with Crippen molar-refractivity contribution < 1.29 is 0 Å². The van der Waals surface area contributed by atoms with Crippen LogP contribution in [0.1, 0.15) is 0 Å². The molecule has 0 fully saturated rings. The molecule has 1 heterocycles. The first-order valence-corrected chi connectivity index (χ1v) is 5.30. The Bertz CT molecular complexity index is 439. The highest BCUT2D eigenvalue weighted by molar-refractivity contribution is 9.10. The highest BCUT2D eigenvalue weighted by atomic mass is 79.9. The number of hydrogen-bond acceptors (Lipinski definition) is 1. The fraction of sp³-hybridized carbons (Fsp3) is 0. The van der Waals surface area contributed by atoms with Gasteiger partial charge in [-0.1, -0.05) is 23.7 Å². The predicted molar refractivity (Wildman–Crippen MR) is 62.4 cm³/mol. The van der Waals surface area contributed by atoms with E-state index in [2.05, 4.69) is 20.9 Å². The van der Waals surface area contributed by atoms with Crippen LogP contribution in [0.15, 0.2) is 47.2 Å². The molecule has 0 N–H and O–H groups in total. The van der Waals surface area contributed by atoms with Crippen molar-refractivity contribution in [1.82, 2.24) is 4.98 Å². The molecule has 0 aliphatic carbocycles. The summed E-state index contributed by atoms with van der Waals surface area (Å²) in [4.78, 5) is 4.07. The lowest BCUT2D eigenvalue weighted by Gasteiger charge is -2.01. The Hall–Kier alpha value is -0.860. The van der Waals surface area contributed by atoms with Gasteiger partial charge >= 0.3 is 0 Å². The topological polar surface area (TPSA) is 12.9 Å². The van der Waals surface area contributed by atoms with Gasteiger partial charge in [-0.2, -0.15) is 0 Å². The van der Waals surface area contributed by atoms with Gasteiger partial charge in [0.2, 0.25) is 0 Å². The summed E-state index contributed by atoms with van der Waals surface area (Å²) in [7, 11) is 0. The molecule has 2 aromatic rings. The molecule has 2 rings (SSSR count). The van der Waals surface area contributed by atoms with Gasteiger partial charge in [-0.25, -0.2) is 4.98 Å². The summed E-state index contributed by atoms with van der Waals surface area (Å²) in [5.74, 6) is 0. The number of benzene rings is 1. The molecular weight excluding hydrogens is 261 g/mol. The van der Waals surface area contributed by atoms with Crippen molar-refractivity contribution in [2.24, 2.45) is 0 Å². The van der Waals surface area contributed by atoms with Crippen LogP contribution >= 0.6 is 27.5 Å². The van der Waals surface area contributed by atoms with Gasteiger partial charge in [0.05, 0.1) is 0 Å². The van der Waals surface area contributed by atoms with Crippen molar-refractivity contribution in [3.05, 3.63) is 52.2 Å². The van der Waals surface area contributed by atoms with Gasteiger partial charge in [0.25, 0.3) is 0 Å². The third kappa shape index (κ3) is 2.14. The van der Waals surface area contributed by atoms with Crippen molar-refractivity contribution in [3.63, 3.8) is 0 Å². The first kappa shape index (κ1) is 9.69. The molecule has 0 spiro atoms. The molecule has 0 saturated carbocycles. The summed E-state index contributed by atoms with van der Waals surface area (Å²) in [6, 6.07) is 11.7. The zero-order chi connectivity index (χ0) is 9.97. The molecule has 3 heteroatoms. The number of aromatic nitrogens is 1. The van der Waals surface area contributed by atoms with E-state index in [1.54, 1.807) is 6.20 Å². The van der Waals surface area contributed by atoms with Crippen molar-refractivity contribution in [2.75, 3.05) is 0 Å². The second-order valence-corrected chi connectivity index (χ2v) is 4.12. The second kappa shape index (κ2) is 4.11. The van der Waals surface area contributed by atoms with E-state index >= 15 is 0 Å². The summed E-state index contributed by atoms with van der Waals surface area (Å²) >= 11 is 9.15. The lowest BCUT2D eigenvalue weighted by Crippen LogP contribution is -1.79. The Morgan fingerprint density at radius 3 is 2.36 bits per heavy atom.